The second kappa shape index (κ2) is 7.22. The van der Waals surface area contributed by atoms with Gasteiger partial charge in [0.05, 0.1) is 6.04 Å². The highest BCUT2D eigenvalue weighted by Gasteiger charge is 2.31. The molecule has 1 heterocycles. The van der Waals surface area contributed by atoms with Gasteiger partial charge in [-0.25, -0.2) is 9.18 Å². The van der Waals surface area contributed by atoms with E-state index in [0.717, 1.165) is 0 Å². The molecule has 1 aliphatic rings. The predicted molar refractivity (Wildman–Crippen MR) is 80.2 cm³/mol. The van der Waals surface area contributed by atoms with Crippen molar-refractivity contribution >= 4 is 17.7 Å². The van der Waals surface area contributed by atoms with Gasteiger partial charge in [-0.3, -0.25) is 4.79 Å². The molecule has 1 aliphatic heterocycles. The Morgan fingerprint density at radius 3 is 2.73 bits per heavy atom. The van der Waals surface area contributed by atoms with Crippen molar-refractivity contribution in [3.63, 3.8) is 0 Å². The summed E-state index contributed by atoms with van der Waals surface area (Å²) in [5, 5.41) is 2.68. The van der Waals surface area contributed by atoms with Crippen LogP contribution < -0.4 is 10.2 Å². The number of alkyl carbamates (subject to hydrolysis) is 1. The number of hydrogen-bond donors (Lipinski definition) is 1. The van der Waals surface area contributed by atoms with Gasteiger partial charge >= 0.3 is 6.09 Å². The fourth-order valence-electron chi connectivity index (χ4n) is 2.20. The first-order valence-electron chi connectivity index (χ1n) is 7.09. The number of anilines is 1. The van der Waals surface area contributed by atoms with Crippen LogP contribution in [0.15, 0.2) is 24.3 Å². The topological polar surface area (TPSA) is 61.9 Å². The summed E-state index contributed by atoms with van der Waals surface area (Å²) in [6.45, 7) is 1.28. The van der Waals surface area contributed by atoms with E-state index < -0.39 is 6.09 Å². The van der Waals surface area contributed by atoms with Crippen molar-refractivity contribution < 1.29 is 18.7 Å². The Kier molecular flexibility index (Phi) is 5.32. The zero-order valence-corrected chi connectivity index (χ0v) is 12.7. The van der Waals surface area contributed by atoms with E-state index >= 15 is 0 Å². The Hall–Kier alpha value is -2.15. The fourth-order valence-corrected chi connectivity index (χ4v) is 2.20. The summed E-state index contributed by atoms with van der Waals surface area (Å²) in [6, 6.07) is 5.40. The van der Waals surface area contributed by atoms with E-state index in [4.69, 9.17) is 4.74 Å². The first-order chi connectivity index (χ1) is 10.5. The van der Waals surface area contributed by atoms with Crippen LogP contribution in [0, 0.1) is 5.82 Å². The lowest BCUT2D eigenvalue weighted by molar-refractivity contribution is -0.117. The van der Waals surface area contributed by atoms with Crippen LogP contribution in [0.25, 0.3) is 0 Å². The van der Waals surface area contributed by atoms with Gasteiger partial charge in [-0.1, -0.05) is 0 Å². The molecule has 2 amide bonds. The number of benzene rings is 1. The molecule has 1 fully saturated rings. The van der Waals surface area contributed by atoms with Gasteiger partial charge < -0.3 is 19.9 Å². The van der Waals surface area contributed by atoms with E-state index in [1.54, 1.807) is 12.1 Å². The summed E-state index contributed by atoms with van der Waals surface area (Å²) in [5.74, 6) is -0.459. The Labute approximate surface area is 128 Å². The molecule has 22 heavy (non-hydrogen) atoms. The van der Waals surface area contributed by atoms with E-state index in [0.29, 0.717) is 25.4 Å². The van der Waals surface area contributed by atoms with Crippen molar-refractivity contribution in [1.29, 1.82) is 0 Å². The fraction of sp³-hybridized carbons (Fsp3) is 0.467. The van der Waals surface area contributed by atoms with Crippen LogP contribution in [0.5, 0.6) is 0 Å². The molecule has 1 saturated heterocycles. The maximum Gasteiger partial charge on any atom is 0.407 e. The molecule has 0 saturated carbocycles. The number of nitrogens with zero attached hydrogens (tertiary/aromatic N) is 2. The van der Waals surface area contributed by atoms with Crippen molar-refractivity contribution in [2.75, 3.05) is 38.7 Å². The van der Waals surface area contributed by atoms with Crippen molar-refractivity contribution in [3.05, 3.63) is 30.1 Å². The molecule has 0 spiro atoms. The Bertz CT molecular complexity index is 533. The molecule has 1 atom stereocenters. The molecule has 0 bridgehead atoms. The molecule has 2 rings (SSSR count). The number of nitrogens with one attached hydrogen (secondary N) is 1. The number of hydrogen-bond acceptors (Lipinski definition) is 4. The lowest BCUT2D eigenvalue weighted by Crippen LogP contribution is -2.38. The van der Waals surface area contributed by atoms with Gasteiger partial charge in [-0.2, -0.15) is 0 Å². The van der Waals surface area contributed by atoms with Gasteiger partial charge in [-0.05, 0) is 38.4 Å². The van der Waals surface area contributed by atoms with Crippen molar-refractivity contribution in [3.8, 4) is 0 Å². The minimum atomic E-state index is -0.527. The van der Waals surface area contributed by atoms with Gasteiger partial charge in [0.15, 0.2) is 0 Å². The van der Waals surface area contributed by atoms with Crippen LogP contribution in [0.2, 0.25) is 0 Å². The third kappa shape index (κ3) is 4.42. The molecule has 6 nitrogen and oxygen atoms in total. The van der Waals surface area contributed by atoms with Crippen LogP contribution in [0.4, 0.5) is 14.9 Å². The second-order valence-corrected chi connectivity index (χ2v) is 5.47. The molecule has 7 heteroatoms. The quantitative estimate of drug-likeness (QED) is 0.888. The molecule has 0 aliphatic carbocycles. The molecule has 0 unspecified atom stereocenters. The Morgan fingerprint density at radius 1 is 1.41 bits per heavy atom. The van der Waals surface area contributed by atoms with E-state index in [9.17, 15) is 14.0 Å². The van der Waals surface area contributed by atoms with E-state index in [1.165, 1.54) is 17.0 Å². The summed E-state index contributed by atoms with van der Waals surface area (Å²) >= 11 is 0. The number of likely N-dealkylation sites (N-methyl/N-ethyl adjacent to an activating group) is 1. The number of carbonyl (C=O) groups excluding carboxylic acids is 2. The largest absolute Gasteiger partial charge is 0.448 e. The lowest BCUT2D eigenvalue weighted by atomic mass is 10.3. The smallest absolute Gasteiger partial charge is 0.407 e. The Morgan fingerprint density at radius 2 is 2.09 bits per heavy atom. The standard InChI is InChI=1S/C15H20FN3O3/c1-18(2)7-8-22-15(21)17-12-9-14(20)19(10-12)13-5-3-11(16)4-6-13/h3-6,12H,7-10H2,1-2H3,(H,17,21)/t12-/m1/s1. The van der Waals surface area contributed by atoms with E-state index in [-0.39, 0.29) is 24.2 Å². The lowest BCUT2D eigenvalue weighted by Gasteiger charge is -2.17. The summed E-state index contributed by atoms with van der Waals surface area (Å²) in [6.07, 6.45) is -0.319. The summed E-state index contributed by atoms with van der Waals surface area (Å²) in [5.41, 5.74) is 0.622. The number of ether oxygens (including phenoxy) is 1. The summed E-state index contributed by atoms with van der Waals surface area (Å²) in [7, 11) is 3.77. The predicted octanol–water partition coefficient (Wildman–Crippen LogP) is 1.22. The van der Waals surface area contributed by atoms with Crippen LogP contribution in [-0.4, -0.2) is 56.7 Å². The number of halogens is 1. The van der Waals surface area contributed by atoms with Crippen LogP contribution in [0.3, 0.4) is 0 Å². The van der Waals surface area contributed by atoms with Gasteiger partial charge in [0.2, 0.25) is 5.91 Å². The number of carbonyl (C=O) groups is 2. The number of amides is 2. The Balaban J connectivity index is 1.84. The molecule has 1 aromatic carbocycles. The highest BCUT2D eigenvalue weighted by Crippen LogP contribution is 2.21. The monoisotopic (exact) mass is 309 g/mol. The van der Waals surface area contributed by atoms with E-state index in [2.05, 4.69) is 5.32 Å². The molecular formula is C15H20FN3O3. The highest BCUT2D eigenvalue weighted by molar-refractivity contribution is 5.96. The minimum Gasteiger partial charge on any atom is -0.448 e. The van der Waals surface area contributed by atoms with Crippen molar-refractivity contribution in [1.82, 2.24) is 10.2 Å². The number of rotatable bonds is 5. The molecule has 1 N–H and O–H groups in total. The molecule has 0 radical (unpaired) electrons. The van der Waals surface area contributed by atoms with Gasteiger partial charge in [0, 0.05) is 25.2 Å². The maximum atomic E-state index is 12.9. The average Bonchev–Trinajstić information content (AvgIpc) is 2.80. The van der Waals surface area contributed by atoms with Crippen LogP contribution >= 0.6 is 0 Å². The third-order valence-corrected chi connectivity index (χ3v) is 3.36. The highest BCUT2D eigenvalue weighted by atomic mass is 19.1. The first-order valence-corrected chi connectivity index (χ1v) is 7.09. The third-order valence-electron chi connectivity index (χ3n) is 3.36. The normalized spacial score (nSPS) is 17.9. The molecule has 0 aromatic heterocycles. The van der Waals surface area contributed by atoms with Gasteiger partial charge in [-0.15, -0.1) is 0 Å². The van der Waals surface area contributed by atoms with Crippen LogP contribution in [-0.2, 0) is 9.53 Å². The minimum absolute atomic E-state index is 0.106. The molecule has 120 valence electrons. The zero-order chi connectivity index (χ0) is 16.1. The van der Waals surface area contributed by atoms with Crippen molar-refractivity contribution in [2.45, 2.75) is 12.5 Å². The maximum absolute atomic E-state index is 12.9. The van der Waals surface area contributed by atoms with E-state index in [1.807, 2.05) is 19.0 Å². The van der Waals surface area contributed by atoms with Crippen molar-refractivity contribution in [2.24, 2.45) is 0 Å². The van der Waals surface area contributed by atoms with Crippen LogP contribution in [0.1, 0.15) is 6.42 Å². The SMILES string of the molecule is CN(C)CCOC(=O)N[C@@H]1CC(=O)N(c2ccc(F)cc2)C1. The summed E-state index contributed by atoms with van der Waals surface area (Å²) < 4.78 is 17.9. The first kappa shape index (κ1) is 16.2. The van der Waals surface area contributed by atoms with Gasteiger partial charge in [0.1, 0.15) is 12.4 Å². The molecular weight excluding hydrogens is 289 g/mol. The van der Waals surface area contributed by atoms with Gasteiger partial charge in [0.25, 0.3) is 0 Å². The summed E-state index contributed by atoms with van der Waals surface area (Å²) in [4.78, 5) is 27.1. The zero-order valence-electron chi connectivity index (χ0n) is 12.7. The average molecular weight is 309 g/mol. The molecule has 1 aromatic rings. The second-order valence-electron chi connectivity index (χ2n) is 5.47.